The fourth-order valence-electron chi connectivity index (χ4n) is 2.87. The number of carbonyl (C=O) groups excluding carboxylic acids is 1. The summed E-state index contributed by atoms with van der Waals surface area (Å²) in [7, 11) is 0. The van der Waals surface area contributed by atoms with Crippen LogP contribution in [-0.2, 0) is 11.2 Å². The molecule has 0 saturated heterocycles. The predicted molar refractivity (Wildman–Crippen MR) is 105 cm³/mol. The Morgan fingerprint density at radius 1 is 1.07 bits per heavy atom. The number of hydrogen-bond acceptors (Lipinski definition) is 3. The number of nitrogens with one attached hydrogen (secondary N) is 2. The van der Waals surface area contributed by atoms with Crippen LogP contribution >= 0.6 is 11.8 Å². The maximum Gasteiger partial charge on any atom is 0.230 e. The van der Waals surface area contributed by atoms with E-state index in [2.05, 4.69) is 15.3 Å². The summed E-state index contributed by atoms with van der Waals surface area (Å²) in [6, 6.07) is 19.6. The highest BCUT2D eigenvalue weighted by atomic mass is 32.2. The second kappa shape index (κ2) is 7.63. The first-order chi connectivity index (χ1) is 13.2. The monoisotopic (exact) mass is 377 g/mol. The van der Waals surface area contributed by atoms with Gasteiger partial charge in [-0.05, 0) is 36.4 Å². The molecule has 0 spiro atoms. The van der Waals surface area contributed by atoms with Crippen molar-refractivity contribution in [1.29, 1.82) is 0 Å². The molecule has 0 aliphatic rings. The van der Waals surface area contributed by atoms with E-state index >= 15 is 0 Å². The molecule has 0 aliphatic carbocycles. The number of benzene rings is 2. The summed E-state index contributed by atoms with van der Waals surface area (Å²) in [5.41, 5.74) is 1.82. The van der Waals surface area contributed by atoms with Crippen LogP contribution in [0.4, 0.5) is 10.2 Å². The standard InChI is InChI=1S/C21H16FN3OS/c22-14-6-5-7-15(12-14)27-21-17(16-8-1-2-9-18(16)24-21)13-20(26)25-19-10-3-4-11-23-19/h1-12,24H,13H2,(H,23,25,26). The lowest BCUT2D eigenvalue weighted by Crippen LogP contribution is -2.15. The molecule has 1 amide bonds. The van der Waals surface area contributed by atoms with Crippen LogP contribution in [0, 0.1) is 5.82 Å². The number of halogens is 1. The zero-order valence-electron chi connectivity index (χ0n) is 14.3. The zero-order chi connectivity index (χ0) is 18.6. The quantitative estimate of drug-likeness (QED) is 0.513. The van der Waals surface area contributed by atoms with E-state index in [4.69, 9.17) is 0 Å². The van der Waals surface area contributed by atoms with E-state index in [1.807, 2.05) is 36.4 Å². The third-order valence-electron chi connectivity index (χ3n) is 4.06. The summed E-state index contributed by atoms with van der Waals surface area (Å²) in [6.45, 7) is 0. The van der Waals surface area contributed by atoms with Gasteiger partial charge in [0, 0.05) is 27.6 Å². The van der Waals surface area contributed by atoms with Crippen molar-refractivity contribution in [3.05, 3.63) is 84.3 Å². The van der Waals surface area contributed by atoms with Crippen molar-refractivity contribution in [2.24, 2.45) is 0 Å². The molecule has 0 bridgehead atoms. The van der Waals surface area contributed by atoms with Crippen LogP contribution in [-0.4, -0.2) is 15.9 Å². The Morgan fingerprint density at radius 2 is 1.93 bits per heavy atom. The molecule has 0 fully saturated rings. The van der Waals surface area contributed by atoms with Gasteiger partial charge >= 0.3 is 0 Å². The van der Waals surface area contributed by atoms with Crippen LogP contribution in [0.15, 0.2) is 82.8 Å². The SMILES string of the molecule is O=C(Cc1c(Sc2cccc(F)c2)[nH]c2ccccc12)Nc1ccccn1. The Hall–Kier alpha value is -3.12. The number of H-pyrrole nitrogens is 1. The van der Waals surface area contributed by atoms with Crippen molar-refractivity contribution in [1.82, 2.24) is 9.97 Å². The second-order valence-corrected chi connectivity index (χ2v) is 7.06. The lowest BCUT2D eigenvalue weighted by Gasteiger charge is -2.06. The number of anilines is 1. The molecule has 0 saturated carbocycles. The molecule has 0 aliphatic heterocycles. The Morgan fingerprint density at radius 3 is 2.74 bits per heavy atom. The minimum Gasteiger partial charge on any atom is -0.349 e. The fourth-order valence-corrected chi connectivity index (χ4v) is 3.89. The van der Waals surface area contributed by atoms with Gasteiger partial charge in [0.1, 0.15) is 11.6 Å². The van der Waals surface area contributed by atoms with Crippen molar-refractivity contribution < 1.29 is 9.18 Å². The van der Waals surface area contributed by atoms with Gasteiger partial charge in [0.05, 0.1) is 11.4 Å². The molecule has 2 N–H and O–H groups in total. The van der Waals surface area contributed by atoms with E-state index in [0.29, 0.717) is 5.82 Å². The molecule has 0 atom stereocenters. The molecule has 27 heavy (non-hydrogen) atoms. The maximum atomic E-state index is 13.5. The molecular weight excluding hydrogens is 361 g/mol. The third-order valence-corrected chi connectivity index (χ3v) is 5.10. The van der Waals surface area contributed by atoms with Crippen molar-refractivity contribution >= 4 is 34.4 Å². The first-order valence-corrected chi connectivity index (χ1v) is 9.24. The molecule has 4 aromatic rings. The van der Waals surface area contributed by atoms with Gasteiger partial charge in [-0.1, -0.05) is 42.1 Å². The van der Waals surface area contributed by atoms with Crippen molar-refractivity contribution in [2.45, 2.75) is 16.3 Å². The first-order valence-electron chi connectivity index (χ1n) is 8.43. The van der Waals surface area contributed by atoms with Gasteiger partial charge < -0.3 is 10.3 Å². The summed E-state index contributed by atoms with van der Waals surface area (Å²) < 4.78 is 13.5. The van der Waals surface area contributed by atoms with Gasteiger partial charge in [-0.2, -0.15) is 0 Å². The number of hydrogen-bond donors (Lipinski definition) is 2. The second-order valence-electron chi connectivity index (χ2n) is 5.98. The molecule has 6 heteroatoms. The molecule has 0 radical (unpaired) electrons. The number of nitrogens with zero attached hydrogens (tertiary/aromatic N) is 1. The Bertz CT molecular complexity index is 1090. The average Bonchev–Trinajstić information content (AvgIpc) is 3.00. The lowest BCUT2D eigenvalue weighted by atomic mass is 10.1. The maximum absolute atomic E-state index is 13.5. The largest absolute Gasteiger partial charge is 0.349 e. The number of rotatable bonds is 5. The lowest BCUT2D eigenvalue weighted by molar-refractivity contribution is -0.115. The first kappa shape index (κ1) is 17.3. The van der Waals surface area contributed by atoms with Crippen LogP contribution in [0.2, 0.25) is 0 Å². The van der Waals surface area contributed by atoms with Crippen LogP contribution < -0.4 is 5.32 Å². The minimum absolute atomic E-state index is 0.153. The zero-order valence-corrected chi connectivity index (χ0v) is 15.1. The van der Waals surface area contributed by atoms with Crippen LogP contribution in [0.3, 0.4) is 0 Å². The summed E-state index contributed by atoms with van der Waals surface area (Å²) in [6.07, 6.45) is 1.82. The predicted octanol–water partition coefficient (Wildman–Crippen LogP) is 5.03. The highest BCUT2D eigenvalue weighted by molar-refractivity contribution is 7.99. The van der Waals surface area contributed by atoms with Crippen molar-refractivity contribution in [2.75, 3.05) is 5.32 Å². The van der Waals surface area contributed by atoms with Gasteiger partial charge in [0.25, 0.3) is 0 Å². The highest BCUT2D eigenvalue weighted by Crippen LogP contribution is 2.35. The Kier molecular flexibility index (Phi) is 4.89. The van der Waals surface area contributed by atoms with E-state index in [9.17, 15) is 9.18 Å². The molecule has 0 unspecified atom stereocenters. The molecule has 134 valence electrons. The number of amides is 1. The number of fused-ring (bicyclic) bond motifs is 1. The topological polar surface area (TPSA) is 57.8 Å². The molecular formula is C21H16FN3OS. The number of aromatic nitrogens is 2. The number of para-hydroxylation sites is 1. The highest BCUT2D eigenvalue weighted by Gasteiger charge is 2.16. The summed E-state index contributed by atoms with van der Waals surface area (Å²) in [5.74, 6) is 0.0757. The number of aromatic amines is 1. The van der Waals surface area contributed by atoms with Gasteiger partial charge in [0.2, 0.25) is 5.91 Å². The van der Waals surface area contributed by atoms with E-state index in [0.717, 1.165) is 26.4 Å². The molecule has 2 heterocycles. The molecule has 2 aromatic carbocycles. The van der Waals surface area contributed by atoms with E-state index in [1.54, 1.807) is 24.4 Å². The van der Waals surface area contributed by atoms with Crippen molar-refractivity contribution in [3.8, 4) is 0 Å². The summed E-state index contributed by atoms with van der Waals surface area (Å²) in [4.78, 5) is 20.8. The molecule has 2 aromatic heterocycles. The molecule has 4 nitrogen and oxygen atoms in total. The normalized spacial score (nSPS) is 10.9. The van der Waals surface area contributed by atoms with Crippen LogP contribution in [0.5, 0.6) is 0 Å². The Labute approximate surface area is 159 Å². The summed E-state index contributed by atoms with van der Waals surface area (Å²) >= 11 is 1.41. The molecule has 4 rings (SSSR count). The van der Waals surface area contributed by atoms with E-state index in [1.165, 1.54) is 23.9 Å². The van der Waals surface area contributed by atoms with Gasteiger partial charge in [-0.25, -0.2) is 9.37 Å². The number of carbonyl (C=O) groups is 1. The fraction of sp³-hybridized carbons (Fsp3) is 0.0476. The average molecular weight is 377 g/mol. The summed E-state index contributed by atoms with van der Waals surface area (Å²) in [5, 5.41) is 4.62. The van der Waals surface area contributed by atoms with Crippen molar-refractivity contribution in [3.63, 3.8) is 0 Å². The number of pyridine rings is 1. The Balaban J connectivity index is 1.64. The van der Waals surface area contributed by atoms with Crippen LogP contribution in [0.25, 0.3) is 10.9 Å². The van der Waals surface area contributed by atoms with Gasteiger partial charge in [-0.3, -0.25) is 4.79 Å². The van der Waals surface area contributed by atoms with E-state index < -0.39 is 0 Å². The minimum atomic E-state index is -0.287. The van der Waals surface area contributed by atoms with Crippen LogP contribution in [0.1, 0.15) is 5.56 Å². The van der Waals surface area contributed by atoms with Gasteiger partial charge in [-0.15, -0.1) is 0 Å². The van der Waals surface area contributed by atoms with E-state index in [-0.39, 0.29) is 18.1 Å². The smallest absolute Gasteiger partial charge is 0.230 e. The third kappa shape index (κ3) is 4.01. The van der Waals surface area contributed by atoms with Gasteiger partial charge in [0.15, 0.2) is 0 Å².